The standard InChI is InChI=1S/C44H82N2O12/c1-8-9-10-11-12-13-15-18-21-36(22-19-16-14-17-20-23-40(50)57-43(2,3)4)41(51)46-37(42(52)58-44(5,6)7)24-25-38(47)45-27-29-54-31-33-56-35-34-55-32-30-53-28-26-39(48)49/h36-37H,8-35H2,1-7H3,(H,45,47)(H,46,51)(H,48,49). The van der Waals surface area contributed by atoms with Crippen LogP contribution in [0.25, 0.3) is 0 Å². The van der Waals surface area contributed by atoms with Crippen LogP contribution in [0.4, 0.5) is 0 Å². The molecular weight excluding hydrogens is 748 g/mol. The molecule has 2 amide bonds. The molecule has 0 saturated heterocycles. The molecule has 0 heterocycles. The van der Waals surface area contributed by atoms with E-state index in [9.17, 15) is 24.0 Å². The minimum atomic E-state index is -0.951. The fourth-order valence-electron chi connectivity index (χ4n) is 5.97. The lowest BCUT2D eigenvalue weighted by atomic mass is 9.92. The molecule has 14 heteroatoms. The number of carbonyl (C=O) groups is 5. The number of rotatable bonds is 38. The van der Waals surface area contributed by atoms with Crippen molar-refractivity contribution in [2.24, 2.45) is 5.92 Å². The summed E-state index contributed by atoms with van der Waals surface area (Å²) in [4.78, 5) is 62.2. The van der Waals surface area contributed by atoms with E-state index in [1.165, 1.54) is 32.1 Å². The Labute approximate surface area is 350 Å². The molecule has 0 radical (unpaired) electrons. The number of hydrogen-bond acceptors (Lipinski definition) is 11. The number of nitrogens with one attached hydrogen (secondary N) is 2. The molecule has 3 N–H and O–H groups in total. The highest BCUT2D eigenvalue weighted by Gasteiger charge is 2.29. The maximum atomic E-state index is 13.8. The number of unbranched alkanes of at least 4 members (excludes halogenated alkanes) is 11. The van der Waals surface area contributed by atoms with Crippen LogP contribution in [0.15, 0.2) is 0 Å². The third-order valence-corrected chi connectivity index (χ3v) is 8.94. The van der Waals surface area contributed by atoms with Gasteiger partial charge in [-0.2, -0.15) is 0 Å². The average molecular weight is 831 g/mol. The molecule has 0 spiro atoms. The summed E-state index contributed by atoms with van der Waals surface area (Å²) in [6.07, 6.45) is 15.8. The Morgan fingerprint density at radius 3 is 1.50 bits per heavy atom. The third kappa shape index (κ3) is 37.5. The number of ether oxygens (including phenoxy) is 6. The van der Waals surface area contributed by atoms with Crippen LogP contribution in [-0.4, -0.2) is 111 Å². The first-order chi connectivity index (χ1) is 27.5. The fourth-order valence-corrected chi connectivity index (χ4v) is 5.97. The van der Waals surface area contributed by atoms with Gasteiger partial charge in [0, 0.05) is 25.3 Å². The van der Waals surface area contributed by atoms with Crippen molar-refractivity contribution in [2.75, 3.05) is 59.4 Å². The second kappa shape index (κ2) is 35.0. The van der Waals surface area contributed by atoms with Crippen molar-refractivity contribution in [3.05, 3.63) is 0 Å². The first kappa shape index (κ1) is 55.2. The van der Waals surface area contributed by atoms with Crippen molar-refractivity contribution in [3.8, 4) is 0 Å². The summed E-state index contributed by atoms with van der Waals surface area (Å²) < 4.78 is 32.5. The van der Waals surface area contributed by atoms with Crippen LogP contribution < -0.4 is 10.6 Å². The molecule has 340 valence electrons. The van der Waals surface area contributed by atoms with Crippen LogP contribution in [0, 0.1) is 5.92 Å². The summed E-state index contributed by atoms with van der Waals surface area (Å²) in [6.45, 7) is 16.0. The number of aliphatic carboxylic acids is 1. The molecule has 0 aromatic heterocycles. The van der Waals surface area contributed by atoms with Gasteiger partial charge >= 0.3 is 17.9 Å². The van der Waals surface area contributed by atoms with Gasteiger partial charge in [-0.1, -0.05) is 84.0 Å². The smallest absolute Gasteiger partial charge is 0.329 e. The van der Waals surface area contributed by atoms with Crippen molar-refractivity contribution in [3.63, 3.8) is 0 Å². The molecule has 0 fully saturated rings. The lowest BCUT2D eigenvalue weighted by molar-refractivity contribution is -0.159. The molecule has 0 aliphatic heterocycles. The molecule has 0 aromatic rings. The van der Waals surface area contributed by atoms with E-state index in [1.807, 2.05) is 20.8 Å². The molecule has 14 nitrogen and oxygen atoms in total. The van der Waals surface area contributed by atoms with Gasteiger partial charge in [0.25, 0.3) is 0 Å². The van der Waals surface area contributed by atoms with Gasteiger partial charge in [0.1, 0.15) is 17.2 Å². The topological polar surface area (TPSA) is 185 Å². The molecular formula is C44H82N2O12. The molecule has 58 heavy (non-hydrogen) atoms. The minimum absolute atomic E-state index is 0.0316. The Balaban J connectivity index is 4.84. The Hall–Kier alpha value is -2.81. The minimum Gasteiger partial charge on any atom is -0.481 e. The number of carbonyl (C=O) groups excluding carboxylic acids is 4. The number of hydrogen-bond donors (Lipinski definition) is 3. The van der Waals surface area contributed by atoms with E-state index in [1.54, 1.807) is 20.8 Å². The molecule has 0 aliphatic carbocycles. The number of esters is 2. The molecule has 2 unspecified atom stereocenters. The summed E-state index contributed by atoms with van der Waals surface area (Å²) >= 11 is 0. The average Bonchev–Trinajstić information content (AvgIpc) is 3.12. The van der Waals surface area contributed by atoms with Crippen LogP contribution in [-0.2, 0) is 52.4 Å². The number of amides is 2. The summed E-state index contributed by atoms with van der Waals surface area (Å²) in [6, 6.07) is -0.951. The van der Waals surface area contributed by atoms with Gasteiger partial charge < -0.3 is 44.2 Å². The lowest BCUT2D eigenvalue weighted by Gasteiger charge is -2.26. The van der Waals surface area contributed by atoms with E-state index in [4.69, 9.17) is 33.5 Å². The largest absolute Gasteiger partial charge is 0.481 e. The maximum absolute atomic E-state index is 13.8. The second-order valence-corrected chi connectivity index (χ2v) is 16.9. The zero-order valence-electron chi connectivity index (χ0n) is 37.4. The lowest BCUT2D eigenvalue weighted by Crippen LogP contribution is -2.47. The Bertz CT molecular complexity index is 1090. The molecule has 0 aromatic carbocycles. The first-order valence-electron chi connectivity index (χ1n) is 22.1. The Morgan fingerprint density at radius 1 is 0.534 bits per heavy atom. The van der Waals surface area contributed by atoms with Gasteiger partial charge in [0.15, 0.2) is 0 Å². The molecule has 0 saturated carbocycles. The van der Waals surface area contributed by atoms with Gasteiger partial charge in [-0.25, -0.2) is 4.79 Å². The van der Waals surface area contributed by atoms with Crippen LogP contribution in [0.5, 0.6) is 0 Å². The van der Waals surface area contributed by atoms with Crippen molar-refractivity contribution in [1.29, 1.82) is 0 Å². The molecule has 0 rings (SSSR count). The van der Waals surface area contributed by atoms with E-state index in [2.05, 4.69) is 17.6 Å². The first-order valence-corrected chi connectivity index (χ1v) is 22.1. The normalized spacial score (nSPS) is 12.8. The Morgan fingerprint density at radius 2 is 1.00 bits per heavy atom. The van der Waals surface area contributed by atoms with E-state index < -0.39 is 29.2 Å². The van der Waals surface area contributed by atoms with E-state index in [0.717, 1.165) is 57.8 Å². The van der Waals surface area contributed by atoms with Gasteiger partial charge in [0.2, 0.25) is 11.8 Å². The fraction of sp³-hybridized carbons (Fsp3) is 0.886. The summed E-state index contributed by atoms with van der Waals surface area (Å²) in [7, 11) is 0. The monoisotopic (exact) mass is 831 g/mol. The third-order valence-electron chi connectivity index (χ3n) is 8.94. The highest BCUT2D eigenvalue weighted by Crippen LogP contribution is 2.21. The van der Waals surface area contributed by atoms with Crippen molar-refractivity contribution in [2.45, 2.75) is 188 Å². The van der Waals surface area contributed by atoms with Crippen LogP contribution in [0.1, 0.15) is 170 Å². The highest BCUT2D eigenvalue weighted by molar-refractivity contribution is 5.86. The van der Waals surface area contributed by atoms with Gasteiger partial charge in [0.05, 0.1) is 59.3 Å². The van der Waals surface area contributed by atoms with Gasteiger partial charge in [-0.3, -0.25) is 19.2 Å². The van der Waals surface area contributed by atoms with E-state index in [-0.39, 0.29) is 62.7 Å². The predicted molar refractivity (Wildman–Crippen MR) is 224 cm³/mol. The summed E-state index contributed by atoms with van der Waals surface area (Å²) in [5.74, 6) is -2.30. The van der Waals surface area contributed by atoms with Gasteiger partial charge in [-0.15, -0.1) is 0 Å². The molecule has 0 bridgehead atoms. The summed E-state index contributed by atoms with van der Waals surface area (Å²) in [5, 5.41) is 14.3. The number of carboxylic acid groups (broad SMARTS) is 1. The van der Waals surface area contributed by atoms with Crippen molar-refractivity contribution < 1.29 is 57.5 Å². The zero-order valence-corrected chi connectivity index (χ0v) is 37.4. The van der Waals surface area contributed by atoms with E-state index in [0.29, 0.717) is 52.5 Å². The molecule has 0 aliphatic rings. The van der Waals surface area contributed by atoms with Crippen molar-refractivity contribution >= 4 is 29.7 Å². The zero-order chi connectivity index (χ0) is 43.5. The SMILES string of the molecule is CCCCCCCCCCC(CCCCCCCC(=O)OC(C)(C)C)C(=O)NC(CCC(=O)NCCOCCOCCOCCOCCC(=O)O)C(=O)OC(C)(C)C. The Kier molecular flexibility index (Phi) is 33.3. The maximum Gasteiger partial charge on any atom is 0.329 e. The summed E-state index contributed by atoms with van der Waals surface area (Å²) in [5.41, 5.74) is -1.23. The van der Waals surface area contributed by atoms with Crippen LogP contribution in [0.2, 0.25) is 0 Å². The molecule has 2 atom stereocenters. The predicted octanol–water partition coefficient (Wildman–Crippen LogP) is 7.47. The quantitative estimate of drug-likeness (QED) is 0.0413. The van der Waals surface area contributed by atoms with Crippen molar-refractivity contribution in [1.82, 2.24) is 10.6 Å². The van der Waals surface area contributed by atoms with Crippen LogP contribution >= 0.6 is 0 Å². The van der Waals surface area contributed by atoms with E-state index >= 15 is 0 Å². The highest BCUT2D eigenvalue weighted by atomic mass is 16.6. The van der Waals surface area contributed by atoms with Gasteiger partial charge in [-0.05, 0) is 67.2 Å². The second-order valence-electron chi connectivity index (χ2n) is 16.9. The number of carboxylic acids is 1. The van der Waals surface area contributed by atoms with Crippen LogP contribution in [0.3, 0.4) is 0 Å².